The van der Waals surface area contributed by atoms with Crippen LogP contribution in [-0.4, -0.2) is 17.1 Å². The number of rotatable bonds is 6. The van der Waals surface area contributed by atoms with Crippen molar-refractivity contribution >= 4 is 0 Å². The van der Waals surface area contributed by atoms with Crippen LogP contribution in [0, 0.1) is 6.92 Å². The van der Waals surface area contributed by atoms with Crippen molar-refractivity contribution in [2.24, 2.45) is 0 Å². The molecule has 0 unspecified atom stereocenters. The van der Waals surface area contributed by atoms with E-state index in [0.717, 1.165) is 23.6 Å². The molecule has 0 fully saturated rings. The first-order valence-electron chi connectivity index (χ1n) is 8.40. The molecule has 0 radical (unpaired) electrons. The Hall–Kier alpha value is -2.72. The van der Waals surface area contributed by atoms with Gasteiger partial charge in [-0.2, -0.15) is 0 Å². The largest absolute Gasteiger partial charge is 0.496 e. The summed E-state index contributed by atoms with van der Waals surface area (Å²) in [4.78, 5) is 8.54. The minimum atomic E-state index is 0.280. The van der Waals surface area contributed by atoms with Gasteiger partial charge in [-0.15, -0.1) is 0 Å². The molecule has 3 rings (SSSR count). The molecule has 0 aliphatic heterocycles. The maximum Gasteiger partial charge on any atom is 0.128 e. The van der Waals surface area contributed by atoms with Crippen molar-refractivity contribution in [1.29, 1.82) is 0 Å². The van der Waals surface area contributed by atoms with Crippen LogP contribution in [0.3, 0.4) is 0 Å². The van der Waals surface area contributed by atoms with Gasteiger partial charge in [0.2, 0.25) is 0 Å². The number of hydrogen-bond acceptors (Lipinski definition) is 4. The molecule has 0 spiro atoms. The van der Waals surface area contributed by atoms with E-state index >= 15 is 0 Å². The standard InChI is InChI=1S/C21H23N3O/c1-15-4-7-18(8-5-15)16(2)24-13-17-6-9-21(25-3)19(12-17)20-14-22-10-11-23-20/h4-12,14,16,24H,13H2,1-3H3/t16-/m1/s1. The molecular weight excluding hydrogens is 310 g/mol. The van der Waals surface area contributed by atoms with E-state index in [-0.39, 0.29) is 6.04 Å². The van der Waals surface area contributed by atoms with E-state index in [4.69, 9.17) is 4.74 Å². The Morgan fingerprint density at radius 3 is 2.56 bits per heavy atom. The van der Waals surface area contributed by atoms with Crippen LogP contribution in [-0.2, 0) is 6.54 Å². The fourth-order valence-electron chi connectivity index (χ4n) is 2.75. The van der Waals surface area contributed by atoms with Crippen LogP contribution in [0.25, 0.3) is 11.3 Å². The topological polar surface area (TPSA) is 47.0 Å². The van der Waals surface area contributed by atoms with Crippen LogP contribution in [0.1, 0.15) is 29.7 Å². The second kappa shape index (κ2) is 7.90. The van der Waals surface area contributed by atoms with E-state index in [1.165, 1.54) is 16.7 Å². The Kier molecular flexibility index (Phi) is 5.41. The van der Waals surface area contributed by atoms with E-state index < -0.39 is 0 Å². The Morgan fingerprint density at radius 2 is 1.88 bits per heavy atom. The van der Waals surface area contributed by atoms with Gasteiger partial charge in [0.05, 0.1) is 19.0 Å². The average Bonchev–Trinajstić information content (AvgIpc) is 2.67. The van der Waals surface area contributed by atoms with Crippen LogP contribution < -0.4 is 10.1 Å². The molecule has 0 amide bonds. The van der Waals surface area contributed by atoms with Crippen LogP contribution in [0.4, 0.5) is 0 Å². The van der Waals surface area contributed by atoms with Crippen molar-refractivity contribution in [3.63, 3.8) is 0 Å². The van der Waals surface area contributed by atoms with Gasteiger partial charge in [0.15, 0.2) is 0 Å². The molecule has 4 nitrogen and oxygen atoms in total. The summed E-state index contributed by atoms with van der Waals surface area (Å²) in [6, 6.07) is 15.1. The third-order valence-corrected chi connectivity index (χ3v) is 4.29. The molecule has 0 saturated heterocycles. The third kappa shape index (κ3) is 4.22. The quantitative estimate of drug-likeness (QED) is 0.730. The highest BCUT2D eigenvalue weighted by Crippen LogP contribution is 2.29. The highest BCUT2D eigenvalue weighted by atomic mass is 16.5. The van der Waals surface area contributed by atoms with Crippen LogP contribution in [0.15, 0.2) is 61.1 Å². The second-order valence-electron chi connectivity index (χ2n) is 6.14. The van der Waals surface area contributed by atoms with Crippen LogP contribution >= 0.6 is 0 Å². The predicted molar refractivity (Wildman–Crippen MR) is 100 cm³/mol. The number of ether oxygens (including phenoxy) is 1. The molecule has 0 aliphatic rings. The van der Waals surface area contributed by atoms with Gasteiger partial charge in [-0.1, -0.05) is 35.9 Å². The van der Waals surface area contributed by atoms with E-state index in [0.29, 0.717) is 0 Å². The molecule has 4 heteroatoms. The zero-order chi connectivity index (χ0) is 17.6. The van der Waals surface area contributed by atoms with Crippen LogP contribution in [0.5, 0.6) is 5.75 Å². The van der Waals surface area contributed by atoms with Crippen molar-refractivity contribution in [2.45, 2.75) is 26.4 Å². The van der Waals surface area contributed by atoms with Gasteiger partial charge in [-0.05, 0) is 37.1 Å². The Labute approximate surface area is 148 Å². The summed E-state index contributed by atoms with van der Waals surface area (Å²) in [5.74, 6) is 0.802. The molecular formula is C21H23N3O. The molecule has 25 heavy (non-hydrogen) atoms. The zero-order valence-electron chi connectivity index (χ0n) is 14.9. The Morgan fingerprint density at radius 1 is 1.08 bits per heavy atom. The van der Waals surface area contributed by atoms with Gasteiger partial charge in [-0.3, -0.25) is 9.97 Å². The first-order chi connectivity index (χ1) is 12.2. The molecule has 3 aromatic rings. The normalized spacial score (nSPS) is 12.0. The first-order valence-corrected chi connectivity index (χ1v) is 8.40. The lowest BCUT2D eigenvalue weighted by Crippen LogP contribution is -2.18. The van der Waals surface area contributed by atoms with E-state index in [2.05, 4.69) is 65.5 Å². The van der Waals surface area contributed by atoms with Gasteiger partial charge >= 0.3 is 0 Å². The summed E-state index contributed by atoms with van der Waals surface area (Å²) in [5.41, 5.74) is 5.51. The number of methoxy groups -OCH3 is 1. The molecule has 0 aliphatic carbocycles. The van der Waals surface area contributed by atoms with Crippen molar-refractivity contribution in [1.82, 2.24) is 15.3 Å². The monoisotopic (exact) mass is 333 g/mol. The summed E-state index contributed by atoms with van der Waals surface area (Å²) in [5, 5.41) is 3.57. The first kappa shape index (κ1) is 17.1. The molecule has 2 aromatic carbocycles. The summed E-state index contributed by atoms with van der Waals surface area (Å²) in [7, 11) is 1.67. The second-order valence-corrected chi connectivity index (χ2v) is 6.14. The predicted octanol–water partition coefficient (Wildman–Crippen LogP) is 4.31. The number of hydrogen-bond donors (Lipinski definition) is 1. The number of aromatic nitrogens is 2. The van der Waals surface area contributed by atoms with Gasteiger partial charge in [0.1, 0.15) is 5.75 Å². The smallest absolute Gasteiger partial charge is 0.128 e. The minimum absolute atomic E-state index is 0.280. The van der Waals surface area contributed by atoms with Crippen molar-refractivity contribution in [3.05, 3.63) is 77.7 Å². The third-order valence-electron chi connectivity index (χ3n) is 4.29. The SMILES string of the molecule is COc1ccc(CN[C@H](C)c2ccc(C)cc2)cc1-c1cnccn1. The van der Waals surface area contributed by atoms with Crippen molar-refractivity contribution in [3.8, 4) is 17.0 Å². The Balaban J connectivity index is 1.76. The molecule has 128 valence electrons. The van der Waals surface area contributed by atoms with E-state index in [9.17, 15) is 0 Å². The van der Waals surface area contributed by atoms with E-state index in [1.807, 2.05) is 6.07 Å². The number of nitrogens with one attached hydrogen (secondary N) is 1. The van der Waals surface area contributed by atoms with E-state index in [1.54, 1.807) is 25.7 Å². The van der Waals surface area contributed by atoms with Crippen molar-refractivity contribution < 1.29 is 4.74 Å². The molecule has 0 saturated carbocycles. The van der Waals surface area contributed by atoms with Gasteiger partial charge < -0.3 is 10.1 Å². The molecule has 1 heterocycles. The lowest BCUT2D eigenvalue weighted by molar-refractivity contribution is 0.416. The number of benzene rings is 2. The lowest BCUT2D eigenvalue weighted by Gasteiger charge is -2.16. The highest BCUT2D eigenvalue weighted by Gasteiger charge is 2.10. The molecule has 1 aromatic heterocycles. The summed E-state index contributed by atoms with van der Waals surface area (Å²) >= 11 is 0. The molecule has 0 bridgehead atoms. The zero-order valence-corrected chi connectivity index (χ0v) is 14.9. The summed E-state index contributed by atoms with van der Waals surface area (Å²) in [6.45, 7) is 5.05. The van der Waals surface area contributed by atoms with Crippen LogP contribution in [0.2, 0.25) is 0 Å². The maximum absolute atomic E-state index is 5.47. The molecule has 1 atom stereocenters. The fraction of sp³-hybridized carbons (Fsp3) is 0.238. The maximum atomic E-state index is 5.47. The highest BCUT2D eigenvalue weighted by molar-refractivity contribution is 5.67. The molecule has 1 N–H and O–H groups in total. The fourth-order valence-corrected chi connectivity index (χ4v) is 2.75. The van der Waals surface area contributed by atoms with Gasteiger partial charge in [-0.25, -0.2) is 0 Å². The number of nitrogens with zero attached hydrogens (tertiary/aromatic N) is 2. The lowest BCUT2D eigenvalue weighted by atomic mass is 10.0. The summed E-state index contributed by atoms with van der Waals surface area (Å²) in [6.07, 6.45) is 5.12. The number of aryl methyl sites for hydroxylation is 1. The minimum Gasteiger partial charge on any atom is -0.496 e. The van der Waals surface area contributed by atoms with Gasteiger partial charge in [0, 0.05) is 30.5 Å². The Bertz CT molecular complexity index is 816. The van der Waals surface area contributed by atoms with Crippen molar-refractivity contribution in [2.75, 3.05) is 7.11 Å². The average molecular weight is 333 g/mol. The van der Waals surface area contributed by atoms with Gasteiger partial charge in [0.25, 0.3) is 0 Å². The summed E-state index contributed by atoms with van der Waals surface area (Å²) < 4.78 is 5.47.